The molecule has 5 rings (SSSR count). The summed E-state index contributed by atoms with van der Waals surface area (Å²) >= 11 is 0. The smallest absolute Gasteiger partial charge is 0.407 e. The molecule has 0 heterocycles. The van der Waals surface area contributed by atoms with E-state index >= 15 is 0 Å². The first kappa shape index (κ1) is 20.8. The lowest BCUT2D eigenvalue weighted by atomic mass is 9.98. The van der Waals surface area contributed by atoms with Crippen LogP contribution in [0, 0.1) is 0 Å². The highest BCUT2D eigenvalue weighted by atomic mass is 16.5. The zero-order valence-corrected chi connectivity index (χ0v) is 17.9. The highest BCUT2D eigenvalue weighted by molar-refractivity contribution is 5.84. The molecule has 0 saturated carbocycles. The van der Waals surface area contributed by atoms with Gasteiger partial charge in [0.2, 0.25) is 0 Å². The number of benzene rings is 4. The van der Waals surface area contributed by atoms with Crippen molar-refractivity contribution < 1.29 is 19.4 Å². The number of amides is 1. The Kier molecular flexibility index (Phi) is 5.53. The molecule has 1 amide bonds. The molecule has 0 spiro atoms. The summed E-state index contributed by atoms with van der Waals surface area (Å²) in [7, 11) is 0. The Bertz CT molecular complexity index is 1300. The first-order valence-corrected chi connectivity index (χ1v) is 10.9. The van der Waals surface area contributed by atoms with Crippen LogP contribution in [0.3, 0.4) is 0 Å². The molecule has 1 atom stereocenters. The number of nitrogens with one attached hydrogen (secondary N) is 1. The zero-order chi connectivity index (χ0) is 22.8. The minimum absolute atomic E-state index is 0.0769. The maximum atomic E-state index is 12.5. The lowest BCUT2D eigenvalue weighted by molar-refractivity contribution is -0.139. The third-order valence-electron chi connectivity index (χ3n) is 6.19. The number of carbonyl (C=O) groups excluding carboxylic acids is 1. The maximum absolute atomic E-state index is 12.5. The van der Waals surface area contributed by atoms with Crippen molar-refractivity contribution in [3.8, 4) is 11.1 Å². The molecular weight excluding hydrogens is 414 g/mol. The molecule has 0 bridgehead atoms. The van der Waals surface area contributed by atoms with E-state index in [2.05, 4.69) is 17.4 Å². The van der Waals surface area contributed by atoms with Crippen molar-refractivity contribution in [2.45, 2.75) is 18.4 Å². The van der Waals surface area contributed by atoms with E-state index in [4.69, 9.17) is 4.74 Å². The van der Waals surface area contributed by atoms with E-state index in [9.17, 15) is 14.7 Å². The van der Waals surface area contributed by atoms with Gasteiger partial charge in [0, 0.05) is 12.3 Å². The zero-order valence-electron chi connectivity index (χ0n) is 17.9. The largest absolute Gasteiger partial charge is 0.480 e. The fourth-order valence-corrected chi connectivity index (χ4v) is 4.58. The molecule has 0 saturated heterocycles. The molecule has 1 aliphatic rings. The Balaban J connectivity index is 1.27. The van der Waals surface area contributed by atoms with Crippen LogP contribution in [0.2, 0.25) is 0 Å². The van der Waals surface area contributed by atoms with Gasteiger partial charge in [0.15, 0.2) is 0 Å². The van der Waals surface area contributed by atoms with Crippen molar-refractivity contribution in [1.29, 1.82) is 0 Å². The lowest BCUT2D eigenvalue weighted by Gasteiger charge is -2.17. The first-order valence-electron chi connectivity index (χ1n) is 10.9. The maximum Gasteiger partial charge on any atom is 0.407 e. The Morgan fingerprint density at radius 1 is 0.818 bits per heavy atom. The number of aliphatic carboxylic acids is 1. The van der Waals surface area contributed by atoms with E-state index in [-0.39, 0.29) is 18.9 Å². The number of ether oxygens (including phenoxy) is 1. The fourth-order valence-electron chi connectivity index (χ4n) is 4.58. The molecule has 4 aromatic carbocycles. The van der Waals surface area contributed by atoms with Crippen LogP contribution in [0.1, 0.15) is 22.6 Å². The molecule has 0 fully saturated rings. The van der Waals surface area contributed by atoms with Gasteiger partial charge in [-0.15, -0.1) is 0 Å². The Morgan fingerprint density at radius 3 is 2.09 bits per heavy atom. The number of carboxylic acid groups (broad SMARTS) is 1. The third kappa shape index (κ3) is 4.17. The molecule has 2 N–H and O–H groups in total. The number of rotatable bonds is 6. The van der Waals surface area contributed by atoms with Crippen LogP contribution in [0.25, 0.3) is 21.9 Å². The lowest BCUT2D eigenvalue weighted by Crippen LogP contribution is -2.42. The second-order valence-electron chi connectivity index (χ2n) is 8.25. The summed E-state index contributed by atoms with van der Waals surface area (Å²) < 4.78 is 5.51. The number of hydrogen-bond donors (Lipinski definition) is 2. The van der Waals surface area contributed by atoms with Crippen LogP contribution < -0.4 is 5.32 Å². The number of hydrogen-bond acceptors (Lipinski definition) is 3. The van der Waals surface area contributed by atoms with E-state index in [0.717, 1.165) is 38.6 Å². The van der Waals surface area contributed by atoms with Gasteiger partial charge in [-0.1, -0.05) is 91.0 Å². The van der Waals surface area contributed by atoms with Crippen molar-refractivity contribution in [1.82, 2.24) is 5.32 Å². The topological polar surface area (TPSA) is 75.6 Å². The monoisotopic (exact) mass is 437 g/mol. The molecule has 0 radical (unpaired) electrons. The Morgan fingerprint density at radius 2 is 1.42 bits per heavy atom. The van der Waals surface area contributed by atoms with Gasteiger partial charge in [0.1, 0.15) is 12.6 Å². The molecule has 4 aromatic rings. The fraction of sp³-hybridized carbons (Fsp3) is 0.143. The quantitative estimate of drug-likeness (QED) is 0.425. The van der Waals surface area contributed by atoms with Crippen LogP contribution in [0.4, 0.5) is 4.79 Å². The SMILES string of the molecule is O=C(NC(Cc1ccc2ccccc2c1)C(=O)O)OCC1c2ccccc2-c2ccccc21. The van der Waals surface area contributed by atoms with Crippen molar-refractivity contribution >= 4 is 22.8 Å². The molecule has 33 heavy (non-hydrogen) atoms. The molecular formula is C28H23NO4. The highest BCUT2D eigenvalue weighted by Gasteiger charge is 2.29. The van der Waals surface area contributed by atoms with Crippen LogP contribution in [-0.2, 0) is 16.0 Å². The van der Waals surface area contributed by atoms with Crippen molar-refractivity contribution in [3.05, 3.63) is 108 Å². The Hall–Kier alpha value is -4.12. The molecule has 5 heteroatoms. The second kappa shape index (κ2) is 8.79. The van der Waals surface area contributed by atoms with Crippen LogP contribution >= 0.6 is 0 Å². The summed E-state index contributed by atoms with van der Waals surface area (Å²) in [5.41, 5.74) is 5.33. The van der Waals surface area contributed by atoms with E-state index in [1.165, 1.54) is 0 Å². The van der Waals surface area contributed by atoms with E-state index in [1.54, 1.807) is 0 Å². The van der Waals surface area contributed by atoms with E-state index in [1.807, 2.05) is 78.9 Å². The van der Waals surface area contributed by atoms with Crippen LogP contribution in [-0.4, -0.2) is 29.8 Å². The van der Waals surface area contributed by atoms with E-state index < -0.39 is 18.1 Å². The van der Waals surface area contributed by atoms with Gasteiger partial charge in [-0.25, -0.2) is 9.59 Å². The van der Waals surface area contributed by atoms with Gasteiger partial charge in [0.05, 0.1) is 0 Å². The Labute approximate surface area is 191 Å². The molecule has 0 aliphatic heterocycles. The number of carbonyl (C=O) groups is 2. The summed E-state index contributed by atoms with van der Waals surface area (Å²) in [6, 6.07) is 28.8. The molecule has 1 unspecified atom stereocenters. The summed E-state index contributed by atoms with van der Waals surface area (Å²) in [5.74, 6) is -1.18. The summed E-state index contributed by atoms with van der Waals surface area (Å²) in [4.78, 5) is 24.4. The average molecular weight is 437 g/mol. The summed E-state index contributed by atoms with van der Waals surface area (Å²) in [6.07, 6.45) is -0.560. The second-order valence-corrected chi connectivity index (χ2v) is 8.25. The normalized spacial score (nSPS) is 13.2. The van der Waals surface area contributed by atoms with Gasteiger partial charge in [0.25, 0.3) is 0 Å². The summed E-state index contributed by atoms with van der Waals surface area (Å²) in [6.45, 7) is 0.141. The van der Waals surface area contributed by atoms with Crippen molar-refractivity contribution in [2.24, 2.45) is 0 Å². The molecule has 0 aromatic heterocycles. The minimum Gasteiger partial charge on any atom is -0.480 e. The number of carboxylic acids is 1. The minimum atomic E-state index is -1.10. The molecule has 164 valence electrons. The predicted molar refractivity (Wildman–Crippen MR) is 127 cm³/mol. The summed E-state index contributed by atoms with van der Waals surface area (Å²) in [5, 5.41) is 14.3. The average Bonchev–Trinajstić information content (AvgIpc) is 3.16. The molecule has 1 aliphatic carbocycles. The van der Waals surface area contributed by atoms with Gasteiger partial charge < -0.3 is 15.2 Å². The third-order valence-corrected chi connectivity index (χ3v) is 6.19. The number of alkyl carbamates (subject to hydrolysis) is 1. The van der Waals surface area contributed by atoms with Gasteiger partial charge >= 0.3 is 12.1 Å². The van der Waals surface area contributed by atoms with Gasteiger partial charge in [-0.2, -0.15) is 0 Å². The van der Waals surface area contributed by atoms with Crippen molar-refractivity contribution in [2.75, 3.05) is 6.61 Å². The standard InChI is InChI=1S/C28H23NO4/c30-27(31)26(16-18-13-14-19-7-1-2-8-20(19)15-18)29-28(32)33-17-25-23-11-5-3-9-21(23)22-10-4-6-12-24(22)25/h1-15,25-26H,16-17H2,(H,29,32)(H,30,31). The highest BCUT2D eigenvalue weighted by Crippen LogP contribution is 2.44. The first-order chi connectivity index (χ1) is 16.1. The number of fused-ring (bicyclic) bond motifs is 4. The molecule has 5 nitrogen and oxygen atoms in total. The van der Waals surface area contributed by atoms with Crippen LogP contribution in [0.15, 0.2) is 91.0 Å². The van der Waals surface area contributed by atoms with Crippen molar-refractivity contribution in [3.63, 3.8) is 0 Å². The van der Waals surface area contributed by atoms with Crippen LogP contribution in [0.5, 0.6) is 0 Å². The van der Waals surface area contributed by atoms with E-state index in [0.29, 0.717) is 0 Å². The predicted octanol–water partition coefficient (Wildman–Crippen LogP) is 5.37. The van der Waals surface area contributed by atoms with Gasteiger partial charge in [-0.05, 0) is 38.6 Å². The van der Waals surface area contributed by atoms with Gasteiger partial charge in [-0.3, -0.25) is 0 Å².